The van der Waals surface area contributed by atoms with Gasteiger partial charge in [0, 0.05) is 18.0 Å². The molecule has 0 atom stereocenters. The van der Waals surface area contributed by atoms with E-state index < -0.39 is 0 Å². The first-order valence-electron chi connectivity index (χ1n) is 5.67. The Hall–Kier alpha value is -1.64. The number of H-pyrrole nitrogens is 1. The molecular formula is C14H16FNO. The van der Waals surface area contributed by atoms with Crippen LogP contribution in [0.2, 0.25) is 0 Å². The van der Waals surface area contributed by atoms with Crippen molar-refractivity contribution in [2.75, 3.05) is 0 Å². The molecule has 0 bridgehead atoms. The fourth-order valence-electron chi connectivity index (χ4n) is 2.39. The quantitative estimate of drug-likeness (QED) is 0.863. The summed E-state index contributed by atoms with van der Waals surface area (Å²) in [5.41, 5.74) is 1.22. The van der Waals surface area contributed by atoms with Crippen molar-refractivity contribution in [3.05, 3.63) is 35.8 Å². The van der Waals surface area contributed by atoms with E-state index in [1.54, 1.807) is 19.2 Å². The molecule has 1 aromatic carbocycles. The molecule has 0 saturated carbocycles. The molecule has 0 amide bonds. The van der Waals surface area contributed by atoms with Crippen LogP contribution in [0.4, 0.5) is 4.39 Å². The summed E-state index contributed by atoms with van der Waals surface area (Å²) < 4.78 is 13.6. The van der Waals surface area contributed by atoms with Gasteiger partial charge in [0.1, 0.15) is 11.6 Å². The first-order valence-corrected chi connectivity index (χ1v) is 5.67. The van der Waals surface area contributed by atoms with Crippen LogP contribution in [-0.2, 0) is 10.2 Å². The molecule has 0 aliphatic rings. The van der Waals surface area contributed by atoms with Crippen LogP contribution in [0.15, 0.2) is 24.4 Å². The maximum absolute atomic E-state index is 13.6. The molecule has 0 spiro atoms. The fraction of sp³-hybridized carbons (Fsp3) is 0.357. The minimum absolute atomic E-state index is 0.140. The standard InChI is InChI=1S/C14H16FNO/c1-9(17)7-14(2,3)11-8-16-13-10(11)5-4-6-12(13)15/h4-6,8,16H,7H2,1-3H3. The SMILES string of the molecule is CC(=O)CC(C)(C)c1c[nH]c2c(F)cccc12. The Bertz CT molecular complexity index is 569. The lowest BCUT2D eigenvalue weighted by Gasteiger charge is -2.22. The predicted molar refractivity (Wildman–Crippen MR) is 66.6 cm³/mol. The Morgan fingerprint density at radius 1 is 1.41 bits per heavy atom. The molecule has 0 aliphatic heterocycles. The zero-order valence-electron chi connectivity index (χ0n) is 10.3. The third-order valence-electron chi connectivity index (χ3n) is 3.08. The molecule has 2 aromatic rings. The number of para-hydroxylation sites is 1. The van der Waals surface area contributed by atoms with Crippen LogP contribution in [-0.4, -0.2) is 10.8 Å². The number of nitrogens with one attached hydrogen (secondary N) is 1. The van der Waals surface area contributed by atoms with Crippen LogP contribution in [0.5, 0.6) is 0 Å². The van der Waals surface area contributed by atoms with Crippen LogP contribution >= 0.6 is 0 Å². The van der Waals surface area contributed by atoms with Crippen molar-refractivity contribution in [1.29, 1.82) is 0 Å². The van der Waals surface area contributed by atoms with Crippen LogP contribution < -0.4 is 0 Å². The number of ketones is 1. The molecule has 1 N–H and O–H groups in total. The Kier molecular flexibility index (Phi) is 2.77. The van der Waals surface area contributed by atoms with E-state index in [1.807, 2.05) is 19.9 Å². The smallest absolute Gasteiger partial charge is 0.147 e. The Balaban J connectivity index is 2.56. The van der Waals surface area contributed by atoms with Crippen molar-refractivity contribution in [2.45, 2.75) is 32.6 Å². The summed E-state index contributed by atoms with van der Waals surface area (Å²) in [6.07, 6.45) is 2.26. The third-order valence-corrected chi connectivity index (χ3v) is 3.08. The zero-order valence-corrected chi connectivity index (χ0v) is 10.3. The molecule has 1 aromatic heterocycles. The number of rotatable bonds is 3. The van der Waals surface area contributed by atoms with Crippen LogP contribution in [0, 0.1) is 5.82 Å². The van der Waals surface area contributed by atoms with Crippen molar-refractivity contribution in [2.24, 2.45) is 0 Å². The van der Waals surface area contributed by atoms with Gasteiger partial charge in [-0.1, -0.05) is 26.0 Å². The molecule has 2 nitrogen and oxygen atoms in total. The first-order chi connectivity index (χ1) is 7.92. The van der Waals surface area contributed by atoms with Gasteiger partial charge in [-0.2, -0.15) is 0 Å². The molecule has 0 fully saturated rings. The second-order valence-electron chi connectivity index (χ2n) is 5.13. The molecule has 0 aliphatic carbocycles. The van der Waals surface area contributed by atoms with Crippen LogP contribution in [0.3, 0.4) is 0 Å². The topological polar surface area (TPSA) is 32.9 Å². The van der Waals surface area contributed by atoms with Gasteiger partial charge in [-0.05, 0) is 24.0 Å². The number of hydrogen-bond acceptors (Lipinski definition) is 1. The Morgan fingerprint density at radius 2 is 2.12 bits per heavy atom. The van der Waals surface area contributed by atoms with E-state index in [4.69, 9.17) is 0 Å². The monoisotopic (exact) mass is 233 g/mol. The van der Waals surface area contributed by atoms with Crippen molar-refractivity contribution in [3.8, 4) is 0 Å². The minimum atomic E-state index is -0.280. The van der Waals surface area contributed by atoms with Gasteiger partial charge < -0.3 is 4.98 Å². The van der Waals surface area contributed by atoms with Gasteiger partial charge in [0.2, 0.25) is 0 Å². The molecular weight excluding hydrogens is 217 g/mol. The maximum atomic E-state index is 13.6. The van der Waals surface area contributed by atoms with Gasteiger partial charge in [-0.25, -0.2) is 4.39 Å². The van der Waals surface area contributed by atoms with E-state index >= 15 is 0 Å². The summed E-state index contributed by atoms with van der Waals surface area (Å²) in [5, 5.41) is 0.858. The second kappa shape index (κ2) is 3.99. The lowest BCUT2D eigenvalue weighted by atomic mass is 9.80. The number of aromatic amines is 1. The highest BCUT2D eigenvalue weighted by Crippen LogP contribution is 2.33. The lowest BCUT2D eigenvalue weighted by Crippen LogP contribution is -2.20. The predicted octanol–water partition coefficient (Wildman–Crippen LogP) is 3.56. The molecule has 0 unspecified atom stereocenters. The summed E-state index contributed by atoms with van der Waals surface area (Å²) in [7, 11) is 0. The number of aromatic nitrogens is 1. The van der Waals surface area contributed by atoms with E-state index in [1.165, 1.54) is 6.07 Å². The lowest BCUT2D eigenvalue weighted by molar-refractivity contribution is -0.118. The summed E-state index contributed by atoms with van der Waals surface area (Å²) in [4.78, 5) is 14.2. The zero-order chi connectivity index (χ0) is 12.6. The van der Waals surface area contributed by atoms with Gasteiger partial charge in [-0.3, -0.25) is 4.79 Å². The number of halogens is 1. The van der Waals surface area contributed by atoms with E-state index in [2.05, 4.69) is 4.98 Å². The second-order valence-corrected chi connectivity index (χ2v) is 5.13. The van der Waals surface area contributed by atoms with Gasteiger partial charge in [0.05, 0.1) is 5.52 Å². The summed E-state index contributed by atoms with van der Waals surface area (Å²) in [6.45, 7) is 5.58. The Morgan fingerprint density at radius 3 is 2.76 bits per heavy atom. The number of carbonyl (C=O) groups is 1. The van der Waals surface area contributed by atoms with Crippen molar-refractivity contribution in [3.63, 3.8) is 0 Å². The highest BCUT2D eigenvalue weighted by Gasteiger charge is 2.26. The van der Waals surface area contributed by atoms with Crippen LogP contribution in [0.25, 0.3) is 10.9 Å². The number of hydrogen-bond donors (Lipinski definition) is 1. The van der Waals surface area contributed by atoms with Crippen molar-refractivity contribution >= 4 is 16.7 Å². The molecule has 0 saturated heterocycles. The molecule has 1 heterocycles. The molecule has 2 rings (SSSR count). The summed E-state index contributed by atoms with van der Waals surface area (Å²) >= 11 is 0. The average molecular weight is 233 g/mol. The molecule has 3 heteroatoms. The maximum Gasteiger partial charge on any atom is 0.147 e. The molecule has 90 valence electrons. The number of carbonyl (C=O) groups excluding carboxylic acids is 1. The Labute approximate surface area is 99.8 Å². The van der Waals surface area contributed by atoms with E-state index in [9.17, 15) is 9.18 Å². The fourth-order valence-corrected chi connectivity index (χ4v) is 2.39. The summed E-state index contributed by atoms with van der Waals surface area (Å²) in [6, 6.07) is 5.01. The third kappa shape index (κ3) is 2.09. The highest BCUT2D eigenvalue weighted by molar-refractivity contribution is 5.86. The van der Waals surface area contributed by atoms with Gasteiger partial charge >= 0.3 is 0 Å². The van der Waals surface area contributed by atoms with E-state index in [0.717, 1.165) is 10.9 Å². The van der Waals surface area contributed by atoms with Gasteiger partial charge in [-0.15, -0.1) is 0 Å². The first kappa shape index (κ1) is 11.8. The van der Waals surface area contributed by atoms with Gasteiger partial charge in [0.15, 0.2) is 0 Å². The number of benzene rings is 1. The highest BCUT2D eigenvalue weighted by atomic mass is 19.1. The van der Waals surface area contributed by atoms with Crippen molar-refractivity contribution in [1.82, 2.24) is 4.98 Å². The number of Topliss-reactive ketones (excluding diaryl/α,β-unsaturated/α-hetero) is 1. The van der Waals surface area contributed by atoms with E-state index in [-0.39, 0.29) is 17.0 Å². The molecule has 17 heavy (non-hydrogen) atoms. The minimum Gasteiger partial charge on any atom is -0.358 e. The van der Waals surface area contributed by atoms with E-state index in [0.29, 0.717) is 11.9 Å². The summed E-state index contributed by atoms with van der Waals surface area (Å²) in [5.74, 6) is -0.117. The van der Waals surface area contributed by atoms with Crippen molar-refractivity contribution < 1.29 is 9.18 Å². The van der Waals surface area contributed by atoms with Gasteiger partial charge in [0.25, 0.3) is 0 Å². The molecule has 0 radical (unpaired) electrons. The van der Waals surface area contributed by atoms with Crippen LogP contribution in [0.1, 0.15) is 32.8 Å². The number of fused-ring (bicyclic) bond motifs is 1. The normalized spacial score (nSPS) is 12.0. The average Bonchev–Trinajstić information content (AvgIpc) is 2.61. The largest absolute Gasteiger partial charge is 0.358 e.